The van der Waals surface area contributed by atoms with Gasteiger partial charge in [0.05, 0.1) is 12.2 Å². The molecule has 4 fully saturated rings. The standard InChI is InChI=1S/C16H27NO2/c1-10-8-11-12-4-2-6-17-7-3-5-13(15(19)14(11)18)16(12,17)9-10/h10-15,18-19H,2-9H2,1H3/t10-,11-,12-,13-,14-,15+,16-/m1/s1. The quantitative estimate of drug-likeness (QED) is 0.699. The third-order valence-electron chi connectivity index (χ3n) is 6.83. The van der Waals surface area contributed by atoms with Crippen LogP contribution in [0.15, 0.2) is 0 Å². The first-order valence-electron chi connectivity index (χ1n) is 8.26. The average Bonchev–Trinajstić information content (AvgIpc) is 2.40. The first-order chi connectivity index (χ1) is 9.14. The third kappa shape index (κ3) is 1.50. The predicted octanol–water partition coefficient (Wildman–Crippen LogP) is 1.63. The summed E-state index contributed by atoms with van der Waals surface area (Å²) in [5.41, 5.74) is 0.234. The minimum atomic E-state index is -0.477. The minimum Gasteiger partial charge on any atom is -0.390 e. The van der Waals surface area contributed by atoms with Gasteiger partial charge in [-0.15, -0.1) is 0 Å². The van der Waals surface area contributed by atoms with Crippen LogP contribution in [0, 0.1) is 23.7 Å². The Morgan fingerprint density at radius 3 is 2.42 bits per heavy atom. The zero-order chi connectivity index (χ0) is 13.2. The molecule has 3 heteroatoms. The van der Waals surface area contributed by atoms with E-state index in [0.29, 0.717) is 23.7 Å². The van der Waals surface area contributed by atoms with Gasteiger partial charge in [-0.1, -0.05) is 6.92 Å². The van der Waals surface area contributed by atoms with E-state index in [0.717, 1.165) is 12.8 Å². The van der Waals surface area contributed by atoms with Crippen LogP contribution >= 0.6 is 0 Å². The molecule has 2 aliphatic heterocycles. The molecule has 0 aromatic heterocycles. The summed E-state index contributed by atoms with van der Waals surface area (Å²) in [6.07, 6.45) is 6.29. The van der Waals surface area contributed by atoms with Crippen molar-refractivity contribution in [3.63, 3.8) is 0 Å². The van der Waals surface area contributed by atoms with Gasteiger partial charge in [0.1, 0.15) is 0 Å². The molecule has 2 heterocycles. The number of nitrogens with zero attached hydrogens (tertiary/aromatic N) is 1. The highest BCUT2D eigenvalue weighted by atomic mass is 16.3. The van der Waals surface area contributed by atoms with Crippen molar-refractivity contribution in [2.75, 3.05) is 13.1 Å². The fourth-order valence-corrected chi connectivity index (χ4v) is 6.40. The monoisotopic (exact) mass is 265 g/mol. The van der Waals surface area contributed by atoms with E-state index in [4.69, 9.17) is 0 Å². The average molecular weight is 265 g/mol. The molecule has 0 unspecified atom stereocenters. The van der Waals surface area contributed by atoms with E-state index in [9.17, 15) is 10.2 Å². The Morgan fingerprint density at radius 2 is 1.68 bits per heavy atom. The maximum absolute atomic E-state index is 10.6. The molecule has 2 saturated carbocycles. The molecule has 2 bridgehead atoms. The van der Waals surface area contributed by atoms with E-state index >= 15 is 0 Å². The maximum Gasteiger partial charge on any atom is 0.0847 e. The van der Waals surface area contributed by atoms with Crippen LogP contribution in [-0.2, 0) is 0 Å². The second-order valence-electron chi connectivity index (χ2n) is 7.67. The molecule has 1 spiro atoms. The summed E-state index contributed by atoms with van der Waals surface area (Å²) in [5.74, 6) is 2.00. The molecule has 0 amide bonds. The number of rotatable bonds is 0. The first kappa shape index (κ1) is 12.6. The fourth-order valence-electron chi connectivity index (χ4n) is 6.40. The second kappa shape index (κ2) is 4.19. The molecule has 0 aromatic rings. The van der Waals surface area contributed by atoms with Gasteiger partial charge in [0, 0.05) is 11.5 Å². The van der Waals surface area contributed by atoms with Crippen molar-refractivity contribution in [3.8, 4) is 0 Å². The summed E-state index contributed by atoms with van der Waals surface area (Å²) in [7, 11) is 0. The Kier molecular flexibility index (Phi) is 2.78. The summed E-state index contributed by atoms with van der Waals surface area (Å²) >= 11 is 0. The van der Waals surface area contributed by atoms with Crippen LogP contribution in [0.5, 0.6) is 0 Å². The van der Waals surface area contributed by atoms with Gasteiger partial charge >= 0.3 is 0 Å². The molecule has 4 aliphatic rings. The highest BCUT2D eigenvalue weighted by Gasteiger charge is 2.64. The van der Waals surface area contributed by atoms with E-state index < -0.39 is 12.2 Å². The van der Waals surface area contributed by atoms with Gasteiger partial charge in [-0.2, -0.15) is 0 Å². The Labute approximate surface area is 116 Å². The zero-order valence-electron chi connectivity index (χ0n) is 12.0. The number of aliphatic hydroxyl groups excluding tert-OH is 2. The van der Waals surface area contributed by atoms with Gasteiger partial charge in [-0.25, -0.2) is 0 Å². The Bertz CT molecular complexity index is 360. The second-order valence-corrected chi connectivity index (χ2v) is 7.67. The van der Waals surface area contributed by atoms with Gasteiger partial charge in [-0.05, 0) is 69.4 Å². The molecule has 2 aliphatic carbocycles. The maximum atomic E-state index is 10.6. The zero-order valence-corrected chi connectivity index (χ0v) is 12.0. The molecular formula is C16H27NO2. The van der Waals surface area contributed by atoms with Crippen LogP contribution < -0.4 is 0 Å². The van der Waals surface area contributed by atoms with Gasteiger partial charge < -0.3 is 10.2 Å². The van der Waals surface area contributed by atoms with Crippen molar-refractivity contribution in [1.29, 1.82) is 0 Å². The predicted molar refractivity (Wildman–Crippen MR) is 73.7 cm³/mol. The van der Waals surface area contributed by atoms with Crippen LogP contribution in [0.3, 0.4) is 0 Å². The fraction of sp³-hybridized carbons (Fsp3) is 1.00. The Morgan fingerprint density at radius 1 is 1.00 bits per heavy atom. The molecule has 0 aromatic carbocycles. The lowest BCUT2D eigenvalue weighted by Crippen LogP contribution is -2.75. The van der Waals surface area contributed by atoms with E-state index in [2.05, 4.69) is 11.8 Å². The molecule has 2 N–H and O–H groups in total. The van der Waals surface area contributed by atoms with Crippen LogP contribution in [0.2, 0.25) is 0 Å². The Hall–Kier alpha value is -0.120. The molecule has 7 atom stereocenters. The largest absolute Gasteiger partial charge is 0.390 e. The van der Waals surface area contributed by atoms with Gasteiger partial charge in [0.25, 0.3) is 0 Å². The number of hydrogen-bond donors (Lipinski definition) is 2. The summed E-state index contributed by atoms with van der Waals surface area (Å²) in [6, 6.07) is 0. The lowest BCUT2D eigenvalue weighted by molar-refractivity contribution is -0.234. The van der Waals surface area contributed by atoms with Gasteiger partial charge in [-0.3, -0.25) is 4.90 Å². The molecule has 19 heavy (non-hydrogen) atoms. The molecule has 3 nitrogen and oxygen atoms in total. The normalized spacial score (nSPS) is 57.6. The first-order valence-corrected chi connectivity index (χ1v) is 8.26. The van der Waals surface area contributed by atoms with Crippen molar-refractivity contribution in [2.24, 2.45) is 23.7 Å². The summed E-state index contributed by atoms with van der Waals surface area (Å²) in [6.45, 7) is 4.78. The summed E-state index contributed by atoms with van der Waals surface area (Å²) in [5, 5.41) is 21.2. The lowest BCUT2D eigenvalue weighted by atomic mass is 9.47. The molecule has 0 radical (unpaired) electrons. The van der Waals surface area contributed by atoms with Crippen molar-refractivity contribution >= 4 is 0 Å². The number of hydrogen-bond acceptors (Lipinski definition) is 3. The van der Waals surface area contributed by atoms with Crippen molar-refractivity contribution < 1.29 is 10.2 Å². The van der Waals surface area contributed by atoms with Crippen LogP contribution in [0.1, 0.15) is 45.4 Å². The smallest absolute Gasteiger partial charge is 0.0847 e. The van der Waals surface area contributed by atoms with Crippen LogP contribution in [-0.4, -0.2) is 45.9 Å². The van der Waals surface area contributed by atoms with Crippen LogP contribution in [0.4, 0.5) is 0 Å². The highest BCUT2D eigenvalue weighted by Crippen LogP contribution is 2.60. The SMILES string of the molecule is C[C@@H]1C[C@H]2[C@@H](O)[C@@H](O)[C@H]3CCCN4CCC[C@H]2[C@]34C1. The highest BCUT2D eigenvalue weighted by molar-refractivity contribution is 5.17. The lowest BCUT2D eigenvalue weighted by Gasteiger charge is -2.68. The molecular weight excluding hydrogens is 238 g/mol. The van der Waals surface area contributed by atoms with E-state index in [1.54, 1.807) is 0 Å². The van der Waals surface area contributed by atoms with Crippen LogP contribution in [0.25, 0.3) is 0 Å². The topological polar surface area (TPSA) is 43.7 Å². The molecule has 4 rings (SSSR count). The number of piperidine rings is 2. The van der Waals surface area contributed by atoms with Crippen molar-refractivity contribution in [2.45, 2.75) is 63.2 Å². The minimum absolute atomic E-state index is 0.234. The Balaban J connectivity index is 1.82. The molecule has 2 saturated heterocycles. The number of aliphatic hydroxyl groups is 2. The summed E-state index contributed by atoms with van der Waals surface area (Å²) < 4.78 is 0. The third-order valence-corrected chi connectivity index (χ3v) is 6.83. The van der Waals surface area contributed by atoms with Crippen molar-refractivity contribution in [3.05, 3.63) is 0 Å². The van der Waals surface area contributed by atoms with E-state index in [1.807, 2.05) is 0 Å². The van der Waals surface area contributed by atoms with Gasteiger partial charge in [0.15, 0.2) is 0 Å². The van der Waals surface area contributed by atoms with E-state index in [-0.39, 0.29) is 5.54 Å². The molecule has 108 valence electrons. The summed E-state index contributed by atoms with van der Waals surface area (Å²) in [4.78, 5) is 2.72. The van der Waals surface area contributed by atoms with Gasteiger partial charge in [0.2, 0.25) is 0 Å². The van der Waals surface area contributed by atoms with Crippen molar-refractivity contribution in [1.82, 2.24) is 4.90 Å². The van der Waals surface area contributed by atoms with E-state index in [1.165, 1.54) is 38.8 Å².